The fourth-order valence-corrected chi connectivity index (χ4v) is 4.27. The van der Waals surface area contributed by atoms with E-state index < -0.39 is 20.9 Å². The standard InChI is InChI=1S/C12H9N3O4S3/c1-19-12(16)11-8(4-6-21-11)14-15-9(7-13)22(17,18)10-3-2-5-20-10/h2-6,14H,1H3/b15-9+. The van der Waals surface area contributed by atoms with E-state index in [0.29, 0.717) is 0 Å². The summed E-state index contributed by atoms with van der Waals surface area (Å²) >= 11 is 2.10. The summed E-state index contributed by atoms with van der Waals surface area (Å²) in [5.74, 6) is -0.577. The van der Waals surface area contributed by atoms with Crippen molar-refractivity contribution in [1.29, 1.82) is 5.26 Å². The molecule has 0 saturated heterocycles. The largest absolute Gasteiger partial charge is 0.465 e. The number of carbonyl (C=O) groups is 1. The number of rotatable bonds is 4. The van der Waals surface area contributed by atoms with E-state index in [1.165, 1.54) is 19.2 Å². The zero-order valence-corrected chi connectivity index (χ0v) is 13.6. The molecule has 0 amide bonds. The van der Waals surface area contributed by atoms with E-state index in [4.69, 9.17) is 5.26 Å². The fourth-order valence-electron chi connectivity index (χ4n) is 1.42. The summed E-state index contributed by atoms with van der Waals surface area (Å²) in [7, 11) is -2.73. The Kier molecular flexibility index (Phi) is 4.92. The number of hydrogen-bond acceptors (Lipinski definition) is 9. The molecule has 0 bridgehead atoms. The molecule has 0 saturated carbocycles. The van der Waals surface area contributed by atoms with Crippen LogP contribution in [0.3, 0.4) is 0 Å². The Labute approximate surface area is 134 Å². The smallest absolute Gasteiger partial charge is 0.350 e. The highest BCUT2D eigenvalue weighted by Crippen LogP contribution is 2.24. The molecule has 2 aromatic heterocycles. The monoisotopic (exact) mass is 355 g/mol. The molecule has 0 unspecified atom stereocenters. The van der Waals surface area contributed by atoms with Crippen LogP contribution in [0.4, 0.5) is 5.69 Å². The number of hydrogen-bond donors (Lipinski definition) is 1. The Hall–Kier alpha value is -2.22. The maximum atomic E-state index is 12.2. The van der Waals surface area contributed by atoms with Gasteiger partial charge in [0.15, 0.2) is 0 Å². The van der Waals surface area contributed by atoms with Crippen molar-refractivity contribution < 1.29 is 17.9 Å². The van der Waals surface area contributed by atoms with Crippen molar-refractivity contribution in [2.24, 2.45) is 5.10 Å². The summed E-state index contributed by atoms with van der Waals surface area (Å²) in [4.78, 5) is 11.7. The third-order valence-electron chi connectivity index (χ3n) is 2.42. The molecule has 0 atom stereocenters. The Balaban J connectivity index is 2.31. The van der Waals surface area contributed by atoms with Crippen molar-refractivity contribution >= 4 is 49.2 Å². The second-order valence-electron chi connectivity index (χ2n) is 3.73. The molecule has 10 heteroatoms. The van der Waals surface area contributed by atoms with E-state index in [1.54, 1.807) is 22.9 Å². The first kappa shape index (κ1) is 16.2. The average molecular weight is 355 g/mol. The second kappa shape index (κ2) is 6.69. The number of nitrogens with zero attached hydrogens (tertiary/aromatic N) is 2. The van der Waals surface area contributed by atoms with Crippen molar-refractivity contribution in [3.63, 3.8) is 0 Å². The minimum absolute atomic E-state index is 0.0214. The minimum Gasteiger partial charge on any atom is -0.465 e. The van der Waals surface area contributed by atoms with Crippen LogP contribution in [0.25, 0.3) is 0 Å². The normalized spacial score (nSPS) is 11.7. The summed E-state index contributed by atoms with van der Waals surface area (Å²) in [5.41, 5.74) is 2.70. The van der Waals surface area contributed by atoms with Crippen molar-refractivity contribution in [2.75, 3.05) is 12.5 Å². The van der Waals surface area contributed by atoms with Gasteiger partial charge in [-0.15, -0.1) is 22.7 Å². The first-order chi connectivity index (χ1) is 10.5. The summed E-state index contributed by atoms with van der Waals surface area (Å²) in [6.45, 7) is 0. The summed E-state index contributed by atoms with van der Waals surface area (Å²) < 4.78 is 29.0. The number of anilines is 1. The Bertz CT molecular complexity index is 845. The van der Waals surface area contributed by atoms with Gasteiger partial charge >= 0.3 is 5.97 Å². The van der Waals surface area contributed by atoms with E-state index in [-0.39, 0.29) is 14.8 Å². The van der Waals surface area contributed by atoms with Crippen LogP contribution in [-0.2, 0) is 14.6 Å². The molecule has 0 aliphatic rings. The molecule has 0 aliphatic carbocycles. The summed E-state index contributed by atoms with van der Waals surface area (Å²) in [6.07, 6.45) is 0. The van der Waals surface area contributed by atoms with E-state index in [9.17, 15) is 13.2 Å². The van der Waals surface area contributed by atoms with Crippen molar-refractivity contribution in [2.45, 2.75) is 4.21 Å². The average Bonchev–Trinajstić information content (AvgIpc) is 3.18. The number of sulfone groups is 1. The van der Waals surface area contributed by atoms with Gasteiger partial charge in [-0.1, -0.05) is 6.07 Å². The number of ether oxygens (including phenoxy) is 1. The lowest BCUT2D eigenvalue weighted by Gasteiger charge is -2.02. The number of thiophene rings is 2. The molecule has 2 aromatic rings. The third kappa shape index (κ3) is 3.16. The number of nitriles is 1. The van der Waals surface area contributed by atoms with Gasteiger partial charge in [0.25, 0.3) is 5.04 Å². The number of methoxy groups -OCH3 is 1. The molecule has 2 heterocycles. The lowest BCUT2D eigenvalue weighted by molar-refractivity contribution is 0.0607. The Morgan fingerprint density at radius 2 is 2.14 bits per heavy atom. The van der Waals surface area contributed by atoms with Gasteiger partial charge in [-0.25, -0.2) is 13.2 Å². The number of hydrazone groups is 1. The highest BCUT2D eigenvalue weighted by atomic mass is 32.2. The molecular formula is C12H9N3O4S3. The van der Waals surface area contributed by atoms with Crippen LogP contribution < -0.4 is 5.43 Å². The maximum Gasteiger partial charge on any atom is 0.350 e. The van der Waals surface area contributed by atoms with E-state index >= 15 is 0 Å². The first-order valence-electron chi connectivity index (χ1n) is 5.69. The second-order valence-corrected chi connectivity index (χ2v) is 7.69. The van der Waals surface area contributed by atoms with Crippen LogP contribution in [0.5, 0.6) is 0 Å². The first-order valence-corrected chi connectivity index (χ1v) is 8.93. The third-order valence-corrected chi connectivity index (χ3v) is 6.28. The maximum absolute atomic E-state index is 12.2. The zero-order chi connectivity index (χ0) is 16.2. The van der Waals surface area contributed by atoms with Crippen LogP contribution in [0.1, 0.15) is 9.67 Å². The van der Waals surface area contributed by atoms with Gasteiger partial charge in [-0.3, -0.25) is 5.43 Å². The van der Waals surface area contributed by atoms with Crippen molar-refractivity contribution in [3.05, 3.63) is 33.8 Å². The molecular weight excluding hydrogens is 346 g/mol. The van der Waals surface area contributed by atoms with Gasteiger partial charge in [0.2, 0.25) is 9.84 Å². The van der Waals surface area contributed by atoms with Crippen LogP contribution >= 0.6 is 22.7 Å². The SMILES string of the molecule is COC(=O)c1sccc1N/N=C(\C#N)S(=O)(=O)c1cccs1. The molecule has 0 spiro atoms. The molecule has 22 heavy (non-hydrogen) atoms. The molecule has 1 N–H and O–H groups in total. The highest BCUT2D eigenvalue weighted by molar-refractivity contribution is 8.08. The van der Waals surface area contributed by atoms with E-state index in [1.807, 2.05) is 0 Å². The van der Waals surface area contributed by atoms with Crippen LogP contribution in [0.15, 0.2) is 38.3 Å². The van der Waals surface area contributed by atoms with E-state index in [0.717, 1.165) is 22.7 Å². The number of carbonyl (C=O) groups excluding carboxylic acids is 1. The molecule has 7 nitrogen and oxygen atoms in total. The quantitative estimate of drug-likeness (QED) is 0.390. The topological polar surface area (TPSA) is 109 Å². The van der Waals surface area contributed by atoms with Gasteiger partial charge in [-0.05, 0) is 22.9 Å². The Morgan fingerprint density at radius 1 is 1.36 bits per heavy atom. The molecule has 0 aromatic carbocycles. The molecule has 0 radical (unpaired) electrons. The molecule has 0 fully saturated rings. The Morgan fingerprint density at radius 3 is 2.73 bits per heavy atom. The van der Waals surface area contributed by atoms with Crippen LogP contribution in [0, 0.1) is 11.3 Å². The fraction of sp³-hybridized carbons (Fsp3) is 0.0833. The van der Waals surface area contributed by atoms with Crippen molar-refractivity contribution in [1.82, 2.24) is 0 Å². The van der Waals surface area contributed by atoms with Gasteiger partial charge in [0.1, 0.15) is 15.2 Å². The van der Waals surface area contributed by atoms with Crippen LogP contribution in [-0.4, -0.2) is 26.5 Å². The van der Waals surface area contributed by atoms with Gasteiger partial charge < -0.3 is 4.74 Å². The lowest BCUT2D eigenvalue weighted by Crippen LogP contribution is -2.14. The van der Waals surface area contributed by atoms with Gasteiger partial charge in [-0.2, -0.15) is 10.4 Å². The molecule has 114 valence electrons. The summed E-state index contributed by atoms with van der Waals surface area (Å²) in [5, 5.41) is 15.2. The predicted octanol–water partition coefficient (Wildman–Crippen LogP) is 2.32. The van der Waals surface area contributed by atoms with E-state index in [2.05, 4.69) is 15.3 Å². The van der Waals surface area contributed by atoms with Crippen LogP contribution in [0.2, 0.25) is 0 Å². The molecule has 0 aliphatic heterocycles. The molecule has 2 rings (SSSR count). The summed E-state index contributed by atoms with van der Waals surface area (Å²) in [6, 6.07) is 6.03. The van der Waals surface area contributed by atoms with Gasteiger partial charge in [0, 0.05) is 0 Å². The predicted molar refractivity (Wildman–Crippen MR) is 83.8 cm³/mol. The number of nitrogens with one attached hydrogen (secondary N) is 1. The number of esters is 1. The van der Waals surface area contributed by atoms with Crippen molar-refractivity contribution in [3.8, 4) is 6.07 Å². The minimum atomic E-state index is -3.97. The van der Waals surface area contributed by atoms with Gasteiger partial charge in [0.05, 0.1) is 12.8 Å². The zero-order valence-electron chi connectivity index (χ0n) is 11.1. The lowest BCUT2D eigenvalue weighted by atomic mass is 10.4. The highest BCUT2D eigenvalue weighted by Gasteiger charge is 2.24.